The molecule has 0 unspecified atom stereocenters. The van der Waals surface area contributed by atoms with Crippen LogP contribution in [-0.4, -0.2) is 11.5 Å². The summed E-state index contributed by atoms with van der Waals surface area (Å²) in [7, 11) is 0. The highest BCUT2D eigenvalue weighted by molar-refractivity contribution is 7.15. The molecule has 0 aliphatic heterocycles. The topological polar surface area (TPSA) is 24.9 Å². The van der Waals surface area contributed by atoms with Crippen LogP contribution in [0.4, 0.5) is 0 Å². The van der Waals surface area contributed by atoms with Gasteiger partial charge in [0.2, 0.25) is 0 Å². The standard InChI is InChI=1S/C13H14Cl2N2S/c1-3-16-7-11-8(2)17-13(18-11)12-9(14)5-4-6-10(12)15/h4-6,16H,3,7H2,1-2H3. The molecular weight excluding hydrogens is 287 g/mol. The molecule has 1 aromatic carbocycles. The number of hydrogen-bond donors (Lipinski definition) is 1. The minimum Gasteiger partial charge on any atom is -0.312 e. The molecule has 0 spiro atoms. The van der Waals surface area contributed by atoms with Crippen molar-refractivity contribution in [3.63, 3.8) is 0 Å². The molecule has 0 radical (unpaired) electrons. The van der Waals surface area contributed by atoms with Crippen molar-refractivity contribution in [2.75, 3.05) is 6.54 Å². The van der Waals surface area contributed by atoms with E-state index < -0.39 is 0 Å². The van der Waals surface area contributed by atoms with Gasteiger partial charge in [-0.15, -0.1) is 11.3 Å². The van der Waals surface area contributed by atoms with Crippen LogP contribution >= 0.6 is 34.5 Å². The molecule has 0 aliphatic rings. The van der Waals surface area contributed by atoms with Gasteiger partial charge in [0.1, 0.15) is 5.01 Å². The van der Waals surface area contributed by atoms with E-state index in [-0.39, 0.29) is 0 Å². The number of nitrogens with one attached hydrogen (secondary N) is 1. The van der Waals surface area contributed by atoms with E-state index in [1.54, 1.807) is 11.3 Å². The molecule has 0 saturated heterocycles. The molecule has 2 rings (SSSR count). The molecule has 0 saturated carbocycles. The number of thiazole rings is 1. The lowest BCUT2D eigenvalue weighted by Gasteiger charge is -2.02. The molecule has 0 aliphatic carbocycles. The van der Waals surface area contributed by atoms with Gasteiger partial charge in [0.25, 0.3) is 0 Å². The number of halogens is 2. The van der Waals surface area contributed by atoms with Crippen molar-refractivity contribution in [2.45, 2.75) is 20.4 Å². The van der Waals surface area contributed by atoms with Gasteiger partial charge in [-0.2, -0.15) is 0 Å². The number of benzene rings is 1. The van der Waals surface area contributed by atoms with Gasteiger partial charge in [0.15, 0.2) is 0 Å². The number of aryl methyl sites for hydroxylation is 1. The fourth-order valence-electron chi connectivity index (χ4n) is 1.64. The molecule has 0 amide bonds. The first-order valence-corrected chi connectivity index (χ1v) is 7.32. The summed E-state index contributed by atoms with van der Waals surface area (Å²) in [6.45, 7) is 5.88. The Morgan fingerprint density at radius 3 is 2.56 bits per heavy atom. The number of hydrogen-bond acceptors (Lipinski definition) is 3. The SMILES string of the molecule is CCNCc1sc(-c2c(Cl)cccc2Cl)nc1C. The van der Waals surface area contributed by atoms with Crippen LogP contribution < -0.4 is 5.32 Å². The quantitative estimate of drug-likeness (QED) is 0.897. The van der Waals surface area contributed by atoms with Gasteiger partial charge in [-0.05, 0) is 25.6 Å². The predicted molar refractivity (Wildman–Crippen MR) is 79.7 cm³/mol. The smallest absolute Gasteiger partial charge is 0.126 e. The van der Waals surface area contributed by atoms with E-state index in [1.165, 1.54) is 4.88 Å². The minimum absolute atomic E-state index is 0.645. The van der Waals surface area contributed by atoms with Gasteiger partial charge in [0, 0.05) is 17.0 Å². The summed E-state index contributed by atoms with van der Waals surface area (Å²) in [4.78, 5) is 5.79. The summed E-state index contributed by atoms with van der Waals surface area (Å²) in [5, 5.41) is 5.48. The molecule has 5 heteroatoms. The third kappa shape index (κ3) is 2.86. The molecular formula is C13H14Cl2N2S. The number of rotatable bonds is 4. The second kappa shape index (κ2) is 6.02. The van der Waals surface area contributed by atoms with Gasteiger partial charge < -0.3 is 5.32 Å². The third-order valence-corrected chi connectivity index (χ3v) is 4.41. The van der Waals surface area contributed by atoms with Crippen LogP contribution in [0.15, 0.2) is 18.2 Å². The molecule has 0 atom stereocenters. The van der Waals surface area contributed by atoms with Crippen LogP contribution in [-0.2, 0) is 6.54 Å². The van der Waals surface area contributed by atoms with Crippen molar-refractivity contribution in [1.29, 1.82) is 0 Å². The minimum atomic E-state index is 0.645. The zero-order chi connectivity index (χ0) is 13.1. The molecule has 1 heterocycles. The van der Waals surface area contributed by atoms with Crippen molar-refractivity contribution in [3.05, 3.63) is 38.8 Å². The Kier molecular flexibility index (Phi) is 4.62. The number of aromatic nitrogens is 1. The molecule has 18 heavy (non-hydrogen) atoms. The maximum atomic E-state index is 6.20. The van der Waals surface area contributed by atoms with E-state index in [1.807, 2.05) is 25.1 Å². The monoisotopic (exact) mass is 300 g/mol. The summed E-state index contributed by atoms with van der Waals surface area (Å²) >= 11 is 14.0. The largest absolute Gasteiger partial charge is 0.312 e. The normalized spacial score (nSPS) is 10.9. The van der Waals surface area contributed by atoms with Gasteiger partial charge in [-0.3, -0.25) is 0 Å². The Morgan fingerprint density at radius 1 is 1.28 bits per heavy atom. The Labute approximate surface area is 121 Å². The second-order valence-electron chi connectivity index (χ2n) is 3.90. The molecule has 0 fully saturated rings. The molecule has 1 N–H and O–H groups in total. The Balaban J connectivity index is 2.40. The van der Waals surface area contributed by atoms with Crippen molar-refractivity contribution in [2.24, 2.45) is 0 Å². The number of nitrogens with zero attached hydrogens (tertiary/aromatic N) is 1. The van der Waals surface area contributed by atoms with Crippen LogP contribution in [0.3, 0.4) is 0 Å². The fraction of sp³-hybridized carbons (Fsp3) is 0.308. The first kappa shape index (κ1) is 13.8. The lowest BCUT2D eigenvalue weighted by molar-refractivity contribution is 0.731. The van der Waals surface area contributed by atoms with E-state index in [2.05, 4.69) is 17.2 Å². The fourth-order valence-corrected chi connectivity index (χ4v) is 3.43. The van der Waals surface area contributed by atoms with Crippen molar-refractivity contribution < 1.29 is 0 Å². The van der Waals surface area contributed by atoms with E-state index in [9.17, 15) is 0 Å². The van der Waals surface area contributed by atoms with E-state index in [0.717, 1.165) is 29.4 Å². The maximum absolute atomic E-state index is 6.20. The first-order chi connectivity index (χ1) is 8.63. The Morgan fingerprint density at radius 2 is 1.94 bits per heavy atom. The van der Waals surface area contributed by atoms with Gasteiger partial charge in [-0.1, -0.05) is 36.2 Å². The average Bonchev–Trinajstić information content (AvgIpc) is 2.67. The molecule has 2 nitrogen and oxygen atoms in total. The highest BCUT2D eigenvalue weighted by Gasteiger charge is 2.14. The van der Waals surface area contributed by atoms with E-state index in [4.69, 9.17) is 23.2 Å². The van der Waals surface area contributed by atoms with Gasteiger partial charge in [-0.25, -0.2) is 4.98 Å². The summed E-state index contributed by atoms with van der Waals surface area (Å²) in [6, 6.07) is 5.51. The Bertz CT molecular complexity index is 532. The van der Waals surface area contributed by atoms with Gasteiger partial charge in [0.05, 0.1) is 15.7 Å². The molecule has 2 aromatic rings. The highest BCUT2D eigenvalue weighted by atomic mass is 35.5. The lowest BCUT2D eigenvalue weighted by Crippen LogP contribution is -2.11. The summed E-state index contributed by atoms with van der Waals surface area (Å²) in [6.07, 6.45) is 0. The summed E-state index contributed by atoms with van der Waals surface area (Å²) in [5.74, 6) is 0. The van der Waals surface area contributed by atoms with Crippen LogP contribution in [0.25, 0.3) is 10.6 Å². The average molecular weight is 301 g/mol. The van der Waals surface area contributed by atoms with E-state index >= 15 is 0 Å². The zero-order valence-corrected chi connectivity index (χ0v) is 12.6. The van der Waals surface area contributed by atoms with Crippen LogP contribution in [0.5, 0.6) is 0 Å². The van der Waals surface area contributed by atoms with E-state index in [0.29, 0.717) is 10.0 Å². The van der Waals surface area contributed by atoms with Crippen molar-refractivity contribution in [3.8, 4) is 10.6 Å². The zero-order valence-electron chi connectivity index (χ0n) is 10.3. The van der Waals surface area contributed by atoms with Crippen molar-refractivity contribution in [1.82, 2.24) is 10.3 Å². The third-order valence-electron chi connectivity index (χ3n) is 2.60. The van der Waals surface area contributed by atoms with Crippen LogP contribution in [0.2, 0.25) is 10.0 Å². The molecule has 0 bridgehead atoms. The van der Waals surface area contributed by atoms with Crippen LogP contribution in [0, 0.1) is 6.92 Å². The highest BCUT2D eigenvalue weighted by Crippen LogP contribution is 2.37. The summed E-state index contributed by atoms with van der Waals surface area (Å²) < 4.78 is 0. The maximum Gasteiger partial charge on any atom is 0.126 e. The van der Waals surface area contributed by atoms with Crippen LogP contribution in [0.1, 0.15) is 17.5 Å². The lowest BCUT2D eigenvalue weighted by atomic mass is 10.2. The predicted octanol–water partition coefficient (Wildman–Crippen LogP) is 4.53. The first-order valence-electron chi connectivity index (χ1n) is 5.75. The van der Waals surface area contributed by atoms with Gasteiger partial charge >= 0.3 is 0 Å². The molecule has 1 aromatic heterocycles. The summed E-state index contributed by atoms with van der Waals surface area (Å²) in [5.41, 5.74) is 1.86. The Hall–Kier alpha value is -0.610. The second-order valence-corrected chi connectivity index (χ2v) is 5.80. The van der Waals surface area contributed by atoms with Crippen molar-refractivity contribution >= 4 is 34.5 Å². The molecule has 96 valence electrons.